The van der Waals surface area contributed by atoms with E-state index in [0.29, 0.717) is 10.6 Å². The lowest BCUT2D eigenvalue weighted by molar-refractivity contribution is 0.0589. The first kappa shape index (κ1) is 19.1. The van der Waals surface area contributed by atoms with Crippen LogP contribution in [-0.4, -0.2) is 36.8 Å². The smallest absolute Gasteiger partial charge is 0.414 e. The lowest BCUT2D eigenvalue weighted by Crippen LogP contribution is -2.34. The number of aromatic nitrogens is 1. The van der Waals surface area contributed by atoms with Crippen LogP contribution in [0.15, 0.2) is 24.3 Å². The van der Waals surface area contributed by atoms with Crippen molar-refractivity contribution in [3.63, 3.8) is 0 Å². The maximum absolute atomic E-state index is 12.7. The van der Waals surface area contributed by atoms with Gasteiger partial charge in [-0.2, -0.15) is 0 Å². The molecule has 0 radical (unpaired) electrons. The van der Waals surface area contributed by atoms with Crippen LogP contribution in [0.25, 0.3) is 21.0 Å². The molecule has 0 atom stereocenters. The number of hydrogen-bond donors (Lipinski definition) is 0. The second-order valence-corrected chi connectivity index (χ2v) is 8.32. The first-order chi connectivity index (χ1) is 12.6. The van der Waals surface area contributed by atoms with Gasteiger partial charge in [-0.1, -0.05) is 6.07 Å². The summed E-state index contributed by atoms with van der Waals surface area (Å²) in [4.78, 5) is 31.4. The number of aryl methyl sites for hydroxylation is 1. The van der Waals surface area contributed by atoms with Crippen molar-refractivity contribution in [3.8, 4) is 0 Å². The molecule has 3 aromatic rings. The predicted molar refractivity (Wildman–Crippen MR) is 108 cm³/mol. The minimum absolute atomic E-state index is 0.355. The Morgan fingerprint density at radius 3 is 2.48 bits per heavy atom. The van der Waals surface area contributed by atoms with Crippen molar-refractivity contribution in [1.29, 1.82) is 0 Å². The van der Waals surface area contributed by atoms with E-state index >= 15 is 0 Å². The number of fused-ring (bicyclic) bond motifs is 3. The summed E-state index contributed by atoms with van der Waals surface area (Å²) in [5.74, 6) is -0.491. The third-order valence-electron chi connectivity index (χ3n) is 4.01. The Balaban J connectivity index is 2.29. The lowest BCUT2D eigenvalue weighted by Gasteiger charge is -2.25. The molecule has 0 saturated heterocycles. The van der Waals surface area contributed by atoms with Crippen LogP contribution in [0.2, 0.25) is 0 Å². The number of anilines is 1. The first-order valence-corrected chi connectivity index (χ1v) is 9.32. The number of ether oxygens (including phenoxy) is 2. The van der Waals surface area contributed by atoms with Gasteiger partial charge in [0.05, 0.1) is 18.3 Å². The Bertz CT molecular complexity index is 1050. The van der Waals surface area contributed by atoms with Crippen molar-refractivity contribution in [2.75, 3.05) is 19.1 Å². The third kappa shape index (κ3) is 3.60. The van der Waals surface area contributed by atoms with Crippen LogP contribution in [0.4, 0.5) is 10.5 Å². The van der Waals surface area contributed by atoms with Crippen LogP contribution in [0.5, 0.6) is 0 Å². The number of carbonyl (C=O) groups is 2. The van der Waals surface area contributed by atoms with E-state index in [0.717, 1.165) is 26.7 Å². The summed E-state index contributed by atoms with van der Waals surface area (Å²) in [6.07, 6.45) is -0.538. The summed E-state index contributed by atoms with van der Waals surface area (Å²) in [7, 11) is 2.93. The molecule has 6 nitrogen and oxygen atoms in total. The fourth-order valence-electron chi connectivity index (χ4n) is 2.86. The Labute approximate surface area is 161 Å². The van der Waals surface area contributed by atoms with Crippen LogP contribution in [-0.2, 0) is 9.47 Å². The van der Waals surface area contributed by atoms with Gasteiger partial charge in [-0.15, -0.1) is 11.3 Å². The summed E-state index contributed by atoms with van der Waals surface area (Å²) in [5.41, 5.74) is 1.53. The molecule has 0 N–H and O–H groups in total. The number of rotatable bonds is 2. The summed E-state index contributed by atoms with van der Waals surface area (Å²) in [6.45, 7) is 7.32. The van der Waals surface area contributed by atoms with E-state index in [9.17, 15) is 9.59 Å². The van der Waals surface area contributed by atoms with E-state index in [1.165, 1.54) is 23.3 Å². The molecule has 3 rings (SSSR count). The fraction of sp³-hybridized carbons (Fsp3) is 0.350. The molecule has 1 aromatic carbocycles. The molecule has 7 heteroatoms. The van der Waals surface area contributed by atoms with Crippen LogP contribution in [0, 0.1) is 6.92 Å². The molecule has 0 spiro atoms. The van der Waals surface area contributed by atoms with Crippen molar-refractivity contribution in [2.24, 2.45) is 0 Å². The Morgan fingerprint density at radius 1 is 1.15 bits per heavy atom. The molecular formula is C20H22N2O4S. The van der Waals surface area contributed by atoms with Crippen molar-refractivity contribution in [2.45, 2.75) is 33.3 Å². The van der Waals surface area contributed by atoms with Crippen molar-refractivity contribution in [3.05, 3.63) is 34.8 Å². The second kappa shape index (κ2) is 6.81. The number of amides is 1. The zero-order chi connectivity index (χ0) is 19.9. The maximum Gasteiger partial charge on any atom is 0.414 e. The van der Waals surface area contributed by atoms with Gasteiger partial charge in [0.2, 0.25) is 0 Å². The molecular weight excluding hydrogens is 364 g/mol. The largest absolute Gasteiger partial charge is 0.465 e. The summed E-state index contributed by atoms with van der Waals surface area (Å²) in [6, 6.07) is 7.70. The summed E-state index contributed by atoms with van der Waals surface area (Å²) < 4.78 is 11.3. The minimum atomic E-state index is -0.649. The van der Waals surface area contributed by atoms with Crippen molar-refractivity contribution >= 4 is 50.1 Å². The number of nitrogens with zero attached hydrogens (tertiary/aromatic N) is 2. The van der Waals surface area contributed by atoms with Gasteiger partial charge in [0.15, 0.2) is 0 Å². The minimum Gasteiger partial charge on any atom is -0.465 e. The maximum atomic E-state index is 12.7. The first-order valence-electron chi connectivity index (χ1n) is 8.50. The molecule has 142 valence electrons. The van der Waals surface area contributed by atoms with E-state index in [2.05, 4.69) is 4.98 Å². The van der Waals surface area contributed by atoms with Crippen LogP contribution in [0.1, 0.15) is 36.1 Å². The summed E-state index contributed by atoms with van der Waals surface area (Å²) in [5, 5.41) is 1.66. The fourth-order valence-corrected chi connectivity index (χ4v) is 4.03. The van der Waals surface area contributed by atoms with Crippen molar-refractivity contribution in [1.82, 2.24) is 4.98 Å². The molecule has 0 aliphatic rings. The van der Waals surface area contributed by atoms with Gasteiger partial charge >= 0.3 is 12.1 Å². The van der Waals surface area contributed by atoms with Crippen LogP contribution < -0.4 is 4.90 Å². The zero-order valence-corrected chi connectivity index (χ0v) is 17.1. The van der Waals surface area contributed by atoms with Gasteiger partial charge in [-0.3, -0.25) is 9.88 Å². The van der Waals surface area contributed by atoms with E-state index in [1.54, 1.807) is 27.8 Å². The third-order valence-corrected chi connectivity index (χ3v) is 5.13. The monoisotopic (exact) mass is 386 g/mol. The Morgan fingerprint density at radius 2 is 1.85 bits per heavy atom. The number of benzene rings is 1. The van der Waals surface area contributed by atoms with Gasteiger partial charge < -0.3 is 9.47 Å². The van der Waals surface area contributed by atoms with Crippen LogP contribution >= 0.6 is 11.3 Å². The molecule has 2 heterocycles. The standard InChI is InChI=1S/C20H22N2O4S/c1-11-7-8-12-13(21-11)9-10-14-15(12)16(17(27-14)18(23)25-6)22(5)19(24)26-20(2,3)4/h7-10H,1-6H3. The number of pyridine rings is 1. The molecule has 27 heavy (non-hydrogen) atoms. The average Bonchev–Trinajstić information content (AvgIpc) is 2.98. The quantitative estimate of drug-likeness (QED) is 0.585. The average molecular weight is 386 g/mol. The van der Waals surface area contributed by atoms with Gasteiger partial charge in [0.1, 0.15) is 10.5 Å². The zero-order valence-electron chi connectivity index (χ0n) is 16.2. The van der Waals surface area contributed by atoms with E-state index in [1.807, 2.05) is 31.2 Å². The van der Waals surface area contributed by atoms with E-state index < -0.39 is 17.7 Å². The second-order valence-electron chi connectivity index (χ2n) is 7.27. The van der Waals surface area contributed by atoms with E-state index in [4.69, 9.17) is 9.47 Å². The molecule has 0 aliphatic carbocycles. The number of hydrogen-bond acceptors (Lipinski definition) is 6. The highest BCUT2D eigenvalue weighted by molar-refractivity contribution is 7.21. The highest BCUT2D eigenvalue weighted by atomic mass is 32.1. The van der Waals surface area contributed by atoms with Crippen LogP contribution in [0.3, 0.4) is 0 Å². The molecule has 2 aromatic heterocycles. The molecule has 1 amide bonds. The number of thiophene rings is 1. The number of carbonyl (C=O) groups excluding carboxylic acids is 2. The molecule has 0 fully saturated rings. The SMILES string of the molecule is COC(=O)c1sc2ccc3nc(C)ccc3c2c1N(C)C(=O)OC(C)(C)C. The topological polar surface area (TPSA) is 68.7 Å². The summed E-state index contributed by atoms with van der Waals surface area (Å²) >= 11 is 1.29. The predicted octanol–water partition coefficient (Wildman–Crippen LogP) is 4.92. The molecule has 0 unspecified atom stereocenters. The highest BCUT2D eigenvalue weighted by Gasteiger charge is 2.29. The highest BCUT2D eigenvalue weighted by Crippen LogP contribution is 2.42. The lowest BCUT2D eigenvalue weighted by atomic mass is 10.1. The van der Waals surface area contributed by atoms with Gasteiger partial charge in [0, 0.05) is 28.2 Å². The van der Waals surface area contributed by atoms with Gasteiger partial charge in [-0.05, 0) is 45.9 Å². The van der Waals surface area contributed by atoms with Crippen molar-refractivity contribution < 1.29 is 19.1 Å². The van der Waals surface area contributed by atoms with Gasteiger partial charge in [0.25, 0.3) is 0 Å². The normalized spacial score (nSPS) is 11.6. The number of methoxy groups -OCH3 is 1. The molecule has 0 aliphatic heterocycles. The molecule has 0 saturated carbocycles. The number of esters is 1. The Kier molecular flexibility index (Phi) is 4.82. The Hall–Kier alpha value is -2.67. The van der Waals surface area contributed by atoms with E-state index in [-0.39, 0.29) is 0 Å². The molecule has 0 bridgehead atoms. The van der Waals surface area contributed by atoms with Gasteiger partial charge in [-0.25, -0.2) is 9.59 Å².